The van der Waals surface area contributed by atoms with Gasteiger partial charge in [-0.25, -0.2) is 0 Å². The number of ketones is 1. The van der Waals surface area contributed by atoms with Crippen LogP contribution in [0.1, 0.15) is 43.0 Å². The second kappa shape index (κ2) is 9.15. The van der Waals surface area contributed by atoms with Gasteiger partial charge in [0.1, 0.15) is 5.75 Å². The van der Waals surface area contributed by atoms with Crippen LogP contribution in [-0.4, -0.2) is 12.9 Å². The van der Waals surface area contributed by atoms with E-state index in [1.54, 1.807) is 37.5 Å². The van der Waals surface area contributed by atoms with Crippen molar-refractivity contribution in [3.63, 3.8) is 0 Å². The molecule has 102 valence electrons. The molecule has 0 bridgehead atoms. The average Bonchev–Trinajstić information content (AvgIpc) is 2.46. The molecule has 0 aliphatic heterocycles. The number of hydrogen-bond acceptors (Lipinski definition) is 2. The molecule has 0 heterocycles. The van der Waals surface area contributed by atoms with Crippen molar-refractivity contribution in [1.29, 1.82) is 0 Å². The summed E-state index contributed by atoms with van der Waals surface area (Å²) in [6.07, 6.45) is 12.2. The Morgan fingerprint density at radius 1 is 1.11 bits per heavy atom. The smallest absolute Gasteiger partial charge is 0.185 e. The van der Waals surface area contributed by atoms with Crippen LogP contribution in [0.15, 0.2) is 48.6 Å². The molecule has 0 amide bonds. The van der Waals surface area contributed by atoms with Crippen molar-refractivity contribution in [1.82, 2.24) is 0 Å². The number of hydrogen-bond donors (Lipinski definition) is 0. The van der Waals surface area contributed by atoms with Crippen molar-refractivity contribution < 1.29 is 9.53 Å². The lowest BCUT2D eigenvalue weighted by atomic mass is 10.1. The van der Waals surface area contributed by atoms with E-state index in [0.29, 0.717) is 5.56 Å². The molecule has 19 heavy (non-hydrogen) atoms. The Morgan fingerprint density at radius 3 is 2.42 bits per heavy atom. The topological polar surface area (TPSA) is 26.3 Å². The summed E-state index contributed by atoms with van der Waals surface area (Å²) in [6, 6.07) is 7.18. The highest BCUT2D eigenvalue weighted by atomic mass is 16.5. The van der Waals surface area contributed by atoms with E-state index in [0.717, 1.165) is 31.4 Å². The summed E-state index contributed by atoms with van der Waals surface area (Å²) in [5.41, 5.74) is 0.697. The van der Waals surface area contributed by atoms with Crippen LogP contribution in [-0.2, 0) is 0 Å². The minimum Gasteiger partial charge on any atom is -0.497 e. The van der Waals surface area contributed by atoms with E-state index < -0.39 is 0 Å². The van der Waals surface area contributed by atoms with Gasteiger partial charge in [-0.2, -0.15) is 0 Å². The quantitative estimate of drug-likeness (QED) is 0.295. The van der Waals surface area contributed by atoms with E-state index in [1.165, 1.54) is 0 Å². The molecule has 0 aromatic heterocycles. The summed E-state index contributed by atoms with van der Waals surface area (Å²) in [5.74, 6) is 0.815. The Bertz CT molecular complexity index is 427. The maximum atomic E-state index is 11.8. The molecule has 1 aromatic carbocycles. The molecule has 1 rings (SSSR count). The second-order valence-electron chi connectivity index (χ2n) is 4.31. The normalized spacial score (nSPS) is 11.3. The van der Waals surface area contributed by atoms with Gasteiger partial charge in [0.2, 0.25) is 0 Å². The fourth-order valence-electron chi connectivity index (χ4n) is 1.68. The van der Waals surface area contributed by atoms with Crippen molar-refractivity contribution in [3.05, 3.63) is 54.1 Å². The molecule has 0 spiro atoms. The number of methoxy groups -OCH3 is 1. The zero-order chi connectivity index (χ0) is 13.9. The Labute approximate surface area is 115 Å². The van der Waals surface area contributed by atoms with Crippen molar-refractivity contribution in [2.24, 2.45) is 0 Å². The Balaban J connectivity index is 2.35. The lowest BCUT2D eigenvalue weighted by Crippen LogP contribution is -1.94. The summed E-state index contributed by atoms with van der Waals surface area (Å²) in [6.45, 7) is 2.13. The number of ether oxygens (including phenoxy) is 1. The standard InChI is InChI=1S/C17H22O2/c1-3-4-5-6-7-8-9-10-17(18)15-11-13-16(19-2)14-12-15/h4-5,9-14H,3,6-8H2,1-2H3/b5-4+,10-9+. The number of unbranched alkanes of at least 4 members (excludes halogenated alkanes) is 2. The molecular weight excluding hydrogens is 236 g/mol. The summed E-state index contributed by atoms with van der Waals surface area (Å²) >= 11 is 0. The first-order valence-corrected chi connectivity index (χ1v) is 6.78. The van der Waals surface area contributed by atoms with E-state index in [1.807, 2.05) is 6.08 Å². The van der Waals surface area contributed by atoms with Gasteiger partial charge in [-0.3, -0.25) is 4.79 Å². The molecule has 0 saturated heterocycles. The van der Waals surface area contributed by atoms with Gasteiger partial charge in [0, 0.05) is 5.56 Å². The van der Waals surface area contributed by atoms with Crippen molar-refractivity contribution in [3.8, 4) is 5.75 Å². The monoisotopic (exact) mass is 258 g/mol. The fourth-order valence-corrected chi connectivity index (χ4v) is 1.68. The third-order valence-electron chi connectivity index (χ3n) is 2.79. The molecule has 0 aliphatic rings. The molecule has 0 radical (unpaired) electrons. The molecule has 0 atom stereocenters. The van der Waals surface area contributed by atoms with E-state index in [2.05, 4.69) is 19.1 Å². The van der Waals surface area contributed by atoms with Crippen LogP contribution in [0.5, 0.6) is 5.75 Å². The van der Waals surface area contributed by atoms with Crippen molar-refractivity contribution >= 4 is 5.78 Å². The first kappa shape index (κ1) is 15.2. The summed E-state index contributed by atoms with van der Waals surface area (Å²) in [4.78, 5) is 11.8. The third kappa shape index (κ3) is 6.05. The van der Waals surface area contributed by atoms with Gasteiger partial charge < -0.3 is 4.74 Å². The van der Waals surface area contributed by atoms with Gasteiger partial charge >= 0.3 is 0 Å². The second-order valence-corrected chi connectivity index (χ2v) is 4.31. The first-order valence-electron chi connectivity index (χ1n) is 6.78. The zero-order valence-corrected chi connectivity index (χ0v) is 11.8. The van der Waals surface area contributed by atoms with Gasteiger partial charge in [0.25, 0.3) is 0 Å². The molecule has 0 unspecified atom stereocenters. The fraction of sp³-hybridized carbons (Fsp3) is 0.353. The van der Waals surface area contributed by atoms with Crippen LogP contribution in [0.25, 0.3) is 0 Å². The highest BCUT2D eigenvalue weighted by Crippen LogP contribution is 2.12. The minimum atomic E-state index is 0.0479. The number of benzene rings is 1. The number of carbonyl (C=O) groups is 1. The zero-order valence-electron chi connectivity index (χ0n) is 11.8. The highest BCUT2D eigenvalue weighted by Gasteiger charge is 2.00. The summed E-state index contributed by atoms with van der Waals surface area (Å²) < 4.78 is 5.06. The minimum absolute atomic E-state index is 0.0479. The Morgan fingerprint density at radius 2 is 1.79 bits per heavy atom. The summed E-state index contributed by atoms with van der Waals surface area (Å²) in [7, 11) is 1.61. The highest BCUT2D eigenvalue weighted by molar-refractivity contribution is 6.04. The largest absolute Gasteiger partial charge is 0.497 e. The average molecular weight is 258 g/mol. The summed E-state index contributed by atoms with van der Waals surface area (Å²) in [5, 5.41) is 0. The van der Waals surface area contributed by atoms with Crippen LogP contribution in [0, 0.1) is 0 Å². The van der Waals surface area contributed by atoms with Crippen LogP contribution >= 0.6 is 0 Å². The lowest BCUT2D eigenvalue weighted by Gasteiger charge is -2.00. The van der Waals surface area contributed by atoms with E-state index in [4.69, 9.17) is 4.74 Å². The maximum Gasteiger partial charge on any atom is 0.185 e. The van der Waals surface area contributed by atoms with Gasteiger partial charge in [-0.15, -0.1) is 0 Å². The van der Waals surface area contributed by atoms with Gasteiger partial charge in [0.15, 0.2) is 5.78 Å². The molecule has 0 N–H and O–H groups in total. The van der Waals surface area contributed by atoms with Gasteiger partial charge in [-0.1, -0.05) is 25.2 Å². The Hall–Kier alpha value is -1.83. The van der Waals surface area contributed by atoms with Crippen LogP contribution in [0.2, 0.25) is 0 Å². The Kier molecular flexibility index (Phi) is 7.33. The molecule has 2 nitrogen and oxygen atoms in total. The molecule has 2 heteroatoms. The van der Waals surface area contributed by atoms with Gasteiger partial charge in [0.05, 0.1) is 7.11 Å². The molecule has 0 aliphatic carbocycles. The van der Waals surface area contributed by atoms with Crippen molar-refractivity contribution in [2.75, 3.05) is 7.11 Å². The molecule has 0 saturated carbocycles. The van der Waals surface area contributed by atoms with Crippen LogP contribution in [0.3, 0.4) is 0 Å². The van der Waals surface area contributed by atoms with Crippen LogP contribution in [0.4, 0.5) is 0 Å². The maximum absolute atomic E-state index is 11.8. The predicted octanol–water partition coefficient (Wildman–Crippen LogP) is 4.57. The van der Waals surface area contributed by atoms with Crippen molar-refractivity contribution in [2.45, 2.75) is 32.6 Å². The lowest BCUT2D eigenvalue weighted by molar-refractivity contribution is 0.104. The number of rotatable bonds is 8. The van der Waals surface area contributed by atoms with Gasteiger partial charge in [-0.05, 0) is 56.0 Å². The van der Waals surface area contributed by atoms with Crippen LogP contribution < -0.4 is 4.74 Å². The number of allylic oxidation sites excluding steroid dienone is 4. The van der Waals surface area contributed by atoms with E-state index in [9.17, 15) is 4.79 Å². The predicted molar refractivity (Wildman–Crippen MR) is 79.7 cm³/mol. The third-order valence-corrected chi connectivity index (χ3v) is 2.79. The van der Waals surface area contributed by atoms with E-state index >= 15 is 0 Å². The molecule has 1 aromatic rings. The SMILES string of the molecule is CC/C=C/CCC/C=C/C(=O)c1ccc(OC)cc1. The molecule has 0 fully saturated rings. The molecular formula is C17H22O2. The first-order chi connectivity index (χ1) is 9.27. The van der Waals surface area contributed by atoms with E-state index in [-0.39, 0.29) is 5.78 Å². The number of carbonyl (C=O) groups excluding carboxylic acids is 1.